The van der Waals surface area contributed by atoms with Gasteiger partial charge >= 0.3 is 0 Å². The van der Waals surface area contributed by atoms with Crippen molar-refractivity contribution in [2.75, 3.05) is 6.54 Å². The molecule has 0 unspecified atom stereocenters. The van der Waals surface area contributed by atoms with Gasteiger partial charge in [0.25, 0.3) is 0 Å². The molecule has 0 radical (unpaired) electrons. The number of nitrogens with one attached hydrogen (secondary N) is 2. The third-order valence-corrected chi connectivity index (χ3v) is 3.09. The lowest BCUT2D eigenvalue weighted by Crippen LogP contribution is -2.44. The van der Waals surface area contributed by atoms with Crippen molar-refractivity contribution in [1.29, 1.82) is 0 Å². The van der Waals surface area contributed by atoms with Gasteiger partial charge in [0.2, 0.25) is 0 Å². The molecule has 0 spiro atoms. The Kier molecular flexibility index (Phi) is 1.99. The van der Waals surface area contributed by atoms with E-state index in [2.05, 4.69) is 17.6 Å². The highest BCUT2D eigenvalue weighted by molar-refractivity contribution is 7.80. The lowest BCUT2D eigenvalue weighted by Gasteiger charge is -2.18. The first kappa shape index (κ1) is 8.30. The van der Waals surface area contributed by atoms with Gasteiger partial charge in [-0.3, -0.25) is 0 Å². The van der Waals surface area contributed by atoms with Crippen molar-refractivity contribution in [1.82, 2.24) is 10.6 Å². The van der Waals surface area contributed by atoms with Gasteiger partial charge in [-0.25, -0.2) is 0 Å². The Labute approximate surface area is 79.1 Å². The van der Waals surface area contributed by atoms with Crippen molar-refractivity contribution in [2.24, 2.45) is 5.92 Å². The fourth-order valence-corrected chi connectivity index (χ4v) is 2.18. The van der Waals surface area contributed by atoms with Crippen LogP contribution in [0.2, 0.25) is 0 Å². The lowest BCUT2D eigenvalue weighted by atomic mass is 10.1. The zero-order chi connectivity index (χ0) is 8.60. The van der Waals surface area contributed by atoms with Crippen molar-refractivity contribution in [2.45, 2.75) is 38.1 Å². The van der Waals surface area contributed by atoms with Gasteiger partial charge in [-0.1, -0.05) is 0 Å². The predicted octanol–water partition coefficient (Wildman–Crippen LogP) is 1.41. The number of hydrogen-bond donors (Lipinski definition) is 2. The van der Waals surface area contributed by atoms with Gasteiger partial charge in [-0.05, 0) is 50.7 Å². The van der Waals surface area contributed by atoms with Crippen LogP contribution in [0.15, 0.2) is 0 Å². The van der Waals surface area contributed by atoms with E-state index in [4.69, 9.17) is 12.2 Å². The predicted molar refractivity (Wildman–Crippen MR) is 54.1 cm³/mol. The Morgan fingerprint density at radius 3 is 2.58 bits per heavy atom. The highest BCUT2D eigenvalue weighted by Crippen LogP contribution is 2.53. The van der Waals surface area contributed by atoms with E-state index < -0.39 is 0 Å². The first-order chi connectivity index (χ1) is 5.77. The van der Waals surface area contributed by atoms with Gasteiger partial charge < -0.3 is 10.6 Å². The zero-order valence-electron chi connectivity index (χ0n) is 7.52. The molecule has 2 saturated carbocycles. The van der Waals surface area contributed by atoms with Crippen LogP contribution in [0.1, 0.15) is 32.6 Å². The van der Waals surface area contributed by atoms with Crippen LogP contribution >= 0.6 is 12.2 Å². The topological polar surface area (TPSA) is 24.1 Å². The maximum absolute atomic E-state index is 5.17. The van der Waals surface area contributed by atoms with E-state index in [0.29, 0.717) is 5.54 Å². The van der Waals surface area contributed by atoms with Crippen molar-refractivity contribution in [3.05, 3.63) is 0 Å². The maximum atomic E-state index is 5.17. The minimum atomic E-state index is 0.430. The van der Waals surface area contributed by atoms with Crippen LogP contribution in [0.25, 0.3) is 0 Å². The second kappa shape index (κ2) is 2.87. The van der Waals surface area contributed by atoms with Gasteiger partial charge in [-0.15, -0.1) is 0 Å². The number of rotatable bonds is 3. The first-order valence-electron chi connectivity index (χ1n) is 4.83. The molecule has 12 heavy (non-hydrogen) atoms. The second-order valence-corrected chi connectivity index (χ2v) is 4.32. The van der Waals surface area contributed by atoms with Crippen LogP contribution in [0.5, 0.6) is 0 Å². The zero-order valence-corrected chi connectivity index (χ0v) is 8.34. The van der Waals surface area contributed by atoms with E-state index in [-0.39, 0.29) is 0 Å². The average molecular weight is 184 g/mol. The highest BCUT2D eigenvalue weighted by atomic mass is 32.1. The van der Waals surface area contributed by atoms with Crippen LogP contribution < -0.4 is 10.6 Å². The molecule has 0 atom stereocenters. The van der Waals surface area contributed by atoms with Crippen molar-refractivity contribution < 1.29 is 0 Å². The van der Waals surface area contributed by atoms with Crippen LogP contribution in [0.3, 0.4) is 0 Å². The molecule has 0 aromatic rings. The highest BCUT2D eigenvalue weighted by Gasteiger charge is 2.54. The summed E-state index contributed by atoms with van der Waals surface area (Å²) in [6.07, 6.45) is 5.45. The number of thiocarbonyl (C=S) groups is 1. The maximum Gasteiger partial charge on any atom is 0.166 e. The van der Waals surface area contributed by atoms with Crippen molar-refractivity contribution in [3.63, 3.8) is 0 Å². The van der Waals surface area contributed by atoms with E-state index >= 15 is 0 Å². The van der Waals surface area contributed by atoms with E-state index in [9.17, 15) is 0 Å². The Balaban J connectivity index is 1.81. The molecular formula is C9H16N2S. The molecule has 2 nitrogen and oxygen atoms in total. The molecule has 2 rings (SSSR count). The Hall–Kier alpha value is -0.310. The van der Waals surface area contributed by atoms with Gasteiger partial charge in [0, 0.05) is 12.1 Å². The van der Waals surface area contributed by atoms with Crippen molar-refractivity contribution in [3.8, 4) is 0 Å². The van der Waals surface area contributed by atoms with Gasteiger partial charge in [0.05, 0.1) is 0 Å². The van der Waals surface area contributed by atoms with Gasteiger partial charge in [-0.2, -0.15) is 0 Å². The molecule has 0 aliphatic heterocycles. The third kappa shape index (κ3) is 1.56. The molecule has 0 aromatic heterocycles. The molecular weight excluding hydrogens is 168 g/mol. The van der Waals surface area contributed by atoms with Crippen LogP contribution in [0, 0.1) is 5.92 Å². The van der Waals surface area contributed by atoms with E-state index in [1.165, 1.54) is 25.7 Å². The van der Waals surface area contributed by atoms with Crippen LogP contribution in [0.4, 0.5) is 0 Å². The molecule has 0 amide bonds. The lowest BCUT2D eigenvalue weighted by molar-refractivity contribution is 0.523. The number of hydrogen-bond acceptors (Lipinski definition) is 1. The summed E-state index contributed by atoms with van der Waals surface area (Å²) in [5, 5.41) is 7.44. The molecule has 2 aliphatic rings. The average Bonchev–Trinajstić information content (AvgIpc) is 2.82. The van der Waals surface area contributed by atoms with E-state index in [1.54, 1.807) is 0 Å². The smallest absolute Gasteiger partial charge is 0.166 e. The Morgan fingerprint density at radius 2 is 2.17 bits per heavy atom. The second-order valence-electron chi connectivity index (χ2n) is 3.91. The quantitative estimate of drug-likeness (QED) is 0.649. The summed E-state index contributed by atoms with van der Waals surface area (Å²) in [5.74, 6) is 0.925. The molecule has 0 heterocycles. The summed E-state index contributed by atoms with van der Waals surface area (Å²) in [7, 11) is 0. The first-order valence-corrected chi connectivity index (χ1v) is 5.24. The monoisotopic (exact) mass is 184 g/mol. The molecule has 2 N–H and O–H groups in total. The third-order valence-electron chi connectivity index (χ3n) is 2.85. The van der Waals surface area contributed by atoms with Crippen LogP contribution in [-0.2, 0) is 0 Å². The fourth-order valence-electron chi connectivity index (χ4n) is 1.84. The standard InChI is InChI=1S/C9H16N2S/c1-2-10-8(12)11-9(5-6-9)7-3-4-7/h7H,2-6H2,1H3,(H2,10,11,12). The van der Waals surface area contributed by atoms with Crippen molar-refractivity contribution >= 4 is 17.3 Å². The van der Waals surface area contributed by atoms with Gasteiger partial charge in [0.1, 0.15) is 0 Å². The molecule has 0 bridgehead atoms. The Morgan fingerprint density at radius 1 is 1.50 bits per heavy atom. The largest absolute Gasteiger partial charge is 0.363 e. The SMILES string of the molecule is CCNC(=S)NC1(C2CC2)CC1. The normalized spacial score (nSPS) is 24.8. The summed E-state index contributed by atoms with van der Waals surface area (Å²) in [4.78, 5) is 0. The minimum Gasteiger partial charge on any atom is -0.363 e. The molecule has 68 valence electrons. The molecule has 2 aliphatic carbocycles. The molecule has 0 saturated heterocycles. The van der Waals surface area contributed by atoms with E-state index in [1.807, 2.05) is 0 Å². The molecule has 2 fully saturated rings. The van der Waals surface area contributed by atoms with Crippen LogP contribution in [-0.4, -0.2) is 17.2 Å². The summed E-state index contributed by atoms with van der Waals surface area (Å²) >= 11 is 5.17. The summed E-state index contributed by atoms with van der Waals surface area (Å²) in [6, 6.07) is 0. The van der Waals surface area contributed by atoms with E-state index in [0.717, 1.165) is 17.6 Å². The fraction of sp³-hybridized carbons (Fsp3) is 0.889. The summed E-state index contributed by atoms with van der Waals surface area (Å²) in [6.45, 7) is 3.00. The van der Waals surface area contributed by atoms with Gasteiger partial charge in [0.15, 0.2) is 5.11 Å². The minimum absolute atomic E-state index is 0.430. The molecule has 3 heteroatoms. The molecule has 0 aromatic carbocycles. The summed E-state index contributed by atoms with van der Waals surface area (Å²) < 4.78 is 0. The summed E-state index contributed by atoms with van der Waals surface area (Å²) in [5.41, 5.74) is 0.430. The Bertz CT molecular complexity index is 195.